The lowest BCUT2D eigenvalue weighted by Gasteiger charge is -2.30. The molecule has 0 atom stereocenters. The molecule has 1 aromatic rings. The summed E-state index contributed by atoms with van der Waals surface area (Å²) in [6.45, 7) is 0.739. The number of fused-ring (bicyclic) bond motifs is 1. The van der Waals surface area contributed by atoms with Gasteiger partial charge in [-0.1, -0.05) is 29.3 Å². The van der Waals surface area contributed by atoms with Crippen molar-refractivity contribution in [3.8, 4) is 6.07 Å². The number of nitrogens with zero attached hydrogens (tertiary/aromatic N) is 3. The number of hydrogen-bond acceptors (Lipinski definition) is 5. The first-order chi connectivity index (χ1) is 10.1. The van der Waals surface area contributed by atoms with Crippen LogP contribution in [0.1, 0.15) is 0 Å². The second-order valence-electron chi connectivity index (χ2n) is 4.43. The average Bonchev–Trinajstić information content (AvgIpc) is 2.47. The molecular weight excluding hydrogens is 347 g/mol. The molecule has 5 nitrogen and oxygen atoms in total. The first-order valence-electron chi connectivity index (χ1n) is 6.13. The second kappa shape index (κ2) is 6.59. The van der Waals surface area contributed by atoms with Crippen molar-refractivity contribution in [1.29, 1.82) is 5.26 Å². The SMILES string of the molecule is Cl.N#CC1=C(N)N(c2c(Cl)cccc2Cl)N=C2COCC=C21. The van der Waals surface area contributed by atoms with Gasteiger partial charge in [-0.25, -0.2) is 5.01 Å². The number of hydrogen-bond donors (Lipinski definition) is 1. The van der Waals surface area contributed by atoms with E-state index in [1.165, 1.54) is 5.01 Å². The maximum atomic E-state index is 9.39. The standard InChI is InChI=1S/C14H10Cl2N4O.ClH/c15-10-2-1-3-11(16)13(10)20-14(18)9(6-17)8-4-5-21-7-12(8)19-20;/h1-4H,5,7,18H2;1H. The summed E-state index contributed by atoms with van der Waals surface area (Å²) in [7, 11) is 0. The van der Waals surface area contributed by atoms with E-state index in [0.29, 0.717) is 45.8 Å². The van der Waals surface area contributed by atoms with E-state index in [1.54, 1.807) is 24.3 Å². The van der Waals surface area contributed by atoms with Crippen molar-refractivity contribution in [3.05, 3.63) is 51.3 Å². The molecule has 22 heavy (non-hydrogen) atoms. The molecule has 0 bridgehead atoms. The van der Waals surface area contributed by atoms with Crippen molar-refractivity contribution >= 4 is 47.0 Å². The zero-order chi connectivity index (χ0) is 15.0. The lowest BCUT2D eigenvalue weighted by molar-refractivity contribution is 0.199. The Hall–Kier alpha value is -1.71. The molecular formula is C14H11Cl3N4O. The summed E-state index contributed by atoms with van der Waals surface area (Å²) >= 11 is 12.4. The van der Waals surface area contributed by atoms with E-state index >= 15 is 0 Å². The number of rotatable bonds is 1. The molecule has 0 radical (unpaired) electrons. The fourth-order valence-corrected chi connectivity index (χ4v) is 2.78. The molecule has 0 saturated heterocycles. The Labute approximate surface area is 143 Å². The highest BCUT2D eigenvalue weighted by Crippen LogP contribution is 2.38. The van der Waals surface area contributed by atoms with E-state index in [9.17, 15) is 5.26 Å². The van der Waals surface area contributed by atoms with Crippen LogP contribution in [0.15, 0.2) is 46.3 Å². The Balaban J connectivity index is 0.00000176. The van der Waals surface area contributed by atoms with Crippen molar-refractivity contribution in [1.82, 2.24) is 0 Å². The quantitative estimate of drug-likeness (QED) is 0.837. The molecule has 2 N–H and O–H groups in total. The highest BCUT2D eigenvalue weighted by Gasteiger charge is 2.29. The van der Waals surface area contributed by atoms with E-state index in [1.807, 2.05) is 0 Å². The predicted octanol–water partition coefficient (Wildman–Crippen LogP) is 3.24. The lowest BCUT2D eigenvalue weighted by Crippen LogP contribution is -2.34. The Bertz CT molecular complexity index is 729. The number of nitrogens with two attached hydrogens (primary N) is 1. The van der Waals surface area contributed by atoms with Gasteiger partial charge in [-0.2, -0.15) is 10.4 Å². The van der Waals surface area contributed by atoms with Gasteiger partial charge in [0.15, 0.2) is 0 Å². The molecule has 0 unspecified atom stereocenters. The molecule has 2 heterocycles. The molecule has 0 saturated carbocycles. The van der Waals surface area contributed by atoms with Crippen molar-refractivity contribution in [2.75, 3.05) is 18.2 Å². The minimum absolute atomic E-state index is 0. The Morgan fingerprint density at radius 2 is 2.00 bits per heavy atom. The van der Waals surface area contributed by atoms with E-state index in [4.69, 9.17) is 33.7 Å². The van der Waals surface area contributed by atoms with Crippen LogP contribution in [-0.4, -0.2) is 18.9 Å². The zero-order valence-electron chi connectivity index (χ0n) is 11.2. The fraction of sp³-hybridized carbons (Fsp3) is 0.143. The van der Waals surface area contributed by atoms with Crippen LogP contribution in [0.4, 0.5) is 5.69 Å². The fourth-order valence-electron chi connectivity index (χ4n) is 2.22. The topological polar surface area (TPSA) is 74.6 Å². The number of benzene rings is 1. The van der Waals surface area contributed by atoms with Crippen LogP contribution < -0.4 is 10.7 Å². The third kappa shape index (κ3) is 2.67. The smallest absolute Gasteiger partial charge is 0.144 e. The largest absolute Gasteiger partial charge is 0.383 e. The van der Waals surface area contributed by atoms with Gasteiger partial charge in [0.25, 0.3) is 0 Å². The summed E-state index contributed by atoms with van der Waals surface area (Å²) in [6.07, 6.45) is 1.79. The number of anilines is 1. The molecule has 0 aliphatic carbocycles. The predicted molar refractivity (Wildman–Crippen MR) is 89.4 cm³/mol. The molecule has 1 aromatic carbocycles. The summed E-state index contributed by atoms with van der Waals surface area (Å²) in [6, 6.07) is 7.21. The molecule has 0 spiro atoms. The number of halogens is 3. The average molecular weight is 358 g/mol. The first-order valence-corrected chi connectivity index (χ1v) is 6.89. The van der Waals surface area contributed by atoms with Crippen molar-refractivity contribution in [2.45, 2.75) is 0 Å². The van der Waals surface area contributed by atoms with E-state index in [0.717, 1.165) is 0 Å². The summed E-state index contributed by atoms with van der Waals surface area (Å²) in [4.78, 5) is 0. The Kier molecular flexibility index (Phi) is 4.99. The van der Waals surface area contributed by atoms with E-state index in [-0.39, 0.29) is 18.2 Å². The van der Waals surface area contributed by atoms with Gasteiger partial charge in [0.05, 0.1) is 29.0 Å². The summed E-state index contributed by atoms with van der Waals surface area (Å²) in [5, 5.41) is 16.0. The third-order valence-corrected chi connectivity index (χ3v) is 3.80. The maximum absolute atomic E-state index is 9.39. The van der Waals surface area contributed by atoms with Gasteiger partial charge in [-0.3, -0.25) is 0 Å². The van der Waals surface area contributed by atoms with Crippen molar-refractivity contribution in [2.24, 2.45) is 10.8 Å². The molecule has 0 aromatic heterocycles. The summed E-state index contributed by atoms with van der Waals surface area (Å²) in [5.74, 6) is 0.199. The van der Waals surface area contributed by atoms with Gasteiger partial charge >= 0.3 is 0 Å². The normalized spacial score (nSPS) is 17.0. The van der Waals surface area contributed by atoms with Crippen LogP contribution in [0.3, 0.4) is 0 Å². The third-order valence-electron chi connectivity index (χ3n) is 3.19. The molecule has 114 valence electrons. The van der Waals surface area contributed by atoms with Crippen LogP contribution in [0, 0.1) is 11.3 Å². The molecule has 0 amide bonds. The van der Waals surface area contributed by atoms with Crippen molar-refractivity contribution in [3.63, 3.8) is 0 Å². The number of nitriles is 1. The number of para-hydroxylation sites is 1. The van der Waals surface area contributed by atoms with Gasteiger partial charge in [-0.05, 0) is 18.2 Å². The number of ether oxygens (including phenoxy) is 1. The van der Waals surface area contributed by atoms with Crippen molar-refractivity contribution < 1.29 is 4.74 Å². The maximum Gasteiger partial charge on any atom is 0.144 e. The van der Waals surface area contributed by atoms with E-state index in [2.05, 4.69) is 11.2 Å². The highest BCUT2D eigenvalue weighted by molar-refractivity contribution is 6.39. The second-order valence-corrected chi connectivity index (χ2v) is 5.25. The van der Waals surface area contributed by atoms with Gasteiger partial charge in [0, 0.05) is 5.57 Å². The van der Waals surface area contributed by atoms with Crippen LogP contribution in [0.5, 0.6) is 0 Å². The summed E-state index contributed by atoms with van der Waals surface area (Å²) < 4.78 is 5.34. The molecule has 3 rings (SSSR count). The number of hydrazone groups is 1. The monoisotopic (exact) mass is 356 g/mol. The van der Waals surface area contributed by atoms with Crippen LogP contribution >= 0.6 is 35.6 Å². The van der Waals surface area contributed by atoms with Gasteiger partial charge in [0.1, 0.15) is 23.2 Å². The lowest BCUT2D eigenvalue weighted by atomic mass is 9.99. The Morgan fingerprint density at radius 1 is 1.32 bits per heavy atom. The van der Waals surface area contributed by atoms with Crippen LogP contribution in [-0.2, 0) is 4.74 Å². The van der Waals surface area contributed by atoms with E-state index < -0.39 is 0 Å². The first kappa shape index (κ1) is 16.7. The molecule has 0 fully saturated rings. The van der Waals surface area contributed by atoms with Crippen LogP contribution in [0.25, 0.3) is 0 Å². The highest BCUT2D eigenvalue weighted by atomic mass is 35.5. The minimum Gasteiger partial charge on any atom is -0.383 e. The number of allylic oxidation sites excluding steroid dienone is 1. The molecule has 2 aliphatic rings. The van der Waals surface area contributed by atoms with Gasteiger partial charge in [0.2, 0.25) is 0 Å². The molecule has 2 aliphatic heterocycles. The summed E-state index contributed by atoms with van der Waals surface area (Å²) in [5.41, 5.74) is 8.22. The zero-order valence-corrected chi connectivity index (χ0v) is 13.5. The minimum atomic E-state index is 0. The van der Waals surface area contributed by atoms with Crippen LogP contribution in [0.2, 0.25) is 10.0 Å². The molecule has 8 heteroatoms. The van der Waals surface area contributed by atoms with Gasteiger partial charge < -0.3 is 10.5 Å². The Morgan fingerprint density at radius 3 is 2.64 bits per heavy atom. The van der Waals surface area contributed by atoms with Gasteiger partial charge in [-0.15, -0.1) is 12.4 Å².